The van der Waals surface area contributed by atoms with Crippen LogP contribution in [-0.2, 0) is 21.5 Å². The van der Waals surface area contributed by atoms with Crippen molar-refractivity contribution in [1.82, 2.24) is 9.97 Å². The molecule has 0 aliphatic heterocycles. The van der Waals surface area contributed by atoms with Gasteiger partial charge in [-0.2, -0.15) is 26.3 Å². The van der Waals surface area contributed by atoms with Gasteiger partial charge in [0.15, 0.2) is 5.82 Å². The summed E-state index contributed by atoms with van der Waals surface area (Å²) in [6, 6.07) is 7.02. The van der Waals surface area contributed by atoms with Crippen LogP contribution in [0.25, 0.3) is 21.6 Å². The largest absolute Gasteiger partial charge is 0.416 e. The van der Waals surface area contributed by atoms with Crippen LogP contribution >= 0.6 is 26.5 Å². The quantitative estimate of drug-likeness (QED) is 0.107. The van der Waals surface area contributed by atoms with Crippen molar-refractivity contribution in [2.45, 2.75) is 17.9 Å². The Kier molecular flexibility index (Phi) is 8.30. The van der Waals surface area contributed by atoms with Gasteiger partial charge in [0.2, 0.25) is 5.52 Å². The highest BCUT2D eigenvalue weighted by atomic mass is 32.1. The molecule has 0 spiro atoms. The van der Waals surface area contributed by atoms with Gasteiger partial charge in [0.1, 0.15) is 10.6 Å². The Morgan fingerprint density at radius 1 is 0.857 bits per heavy atom. The minimum Gasteiger partial charge on any atom is -0.346 e. The van der Waals surface area contributed by atoms with E-state index in [1.807, 2.05) is 0 Å². The van der Waals surface area contributed by atoms with E-state index in [1.54, 1.807) is 0 Å². The van der Waals surface area contributed by atoms with Crippen LogP contribution in [0.15, 0.2) is 53.9 Å². The number of fused-ring (bicyclic) bond motifs is 1. The predicted octanol–water partition coefficient (Wildman–Crippen LogP) is 5.70. The third-order valence-corrected chi connectivity index (χ3v) is 9.60. The Morgan fingerprint density at radius 3 is 2.00 bits per heavy atom. The standard InChI is InChI=1S/C22H16F6N4O7P2S/c23-21(24,25)12-6-11(7-13(9-12)22(26,27)28)18(33)29-14-3-1-2-10(8-14)16-30-17(15-4-5-42-19(15)31-16)32-20(40(34,35)36)41(37,38)39/h1-9,20H,(H,29,33)(H,30,31,32)(H2,34,35,36)(H2,37,38,39). The fourth-order valence-corrected chi connectivity index (χ4v) is 6.52. The molecule has 224 valence electrons. The number of carbonyl (C=O) groups excluding carboxylic acids is 1. The highest BCUT2D eigenvalue weighted by molar-refractivity contribution is 7.71. The lowest BCUT2D eigenvalue weighted by molar-refractivity contribution is -0.143. The van der Waals surface area contributed by atoms with E-state index >= 15 is 0 Å². The molecule has 0 saturated carbocycles. The number of amides is 1. The van der Waals surface area contributed by atoms with Crippen molar-refractivity contribution in [2.75, 3.05) is 10.6 Å². The molecule has 2 aromatic heterocycles. The summed E-state index contributed by atoms with van der Waals surface area (Å²) in [6.45, 7) is 0. The number of benzene rings is 2. The molecule has 11 nitrogen and oxygen atoms in total. The van der Waals surface area contributed by atoms with E-state index in [0.29, 0.717) is 0 Å². The number of thiophene rings is 1. The van der Waals surface area contributed by atoms with E-state index in [9.17, 15) is 59.8 Å². The zero-order valence-corrected chi connectivity index (χ0v) is 22.9. The molecule has 2 aromatic carbocycles. The van der Waals surface area contributed by atoms with Crippen molar-refractivity contribution >= 4 is 54.2 Å². The van der Waals surface area contributed by atoms with Crippen LogP contribution in [-0.4, -0.2) is 41.0 Å². The molecule has 0 saturated heterocycles. The van der Waals surface area contributed by atoms with Crippen LogP contribution in [0.5, 0.6) is 0 Å². The Bertz CT molecular complexity index is 1720. The second-order valence-corrected chi connectivity index (χ2v) is 13.3. The Morgan fingerprint density at radius 2 is 1.45 bits per heavy atom. The van der Waals surface area contributed by atoms with E-state index in [4.69, 9.17) is 0 Å². The number of nitrogens with zero attached hydrogens (tertiary/aromatic N) is 2. The van der Waals surface area contributed by atoms with Gasteiger partial charge in [-0.15, -0.1) is 11.3 Å². The Balaban J connectivity index is 1.70. The third kappa shape index (κ3) is 7.15. The lowest BCUT2D eigenvalue weighted by Crippen LogP contribution is -2.21. The number of nitrogens with one attached hydrogen (secondary N) is 2. The molecule has 42 heavy (non-hydrogen) atoms. The summed E-state index contributed by atoms with van der Waals surface area (Å²) in [4.78, 5) is 59.2. The van der Waals surface area contributed by atoms with E-state index in [-0.39, 0.29) is 51.3 Å². The average molecular weight is 656 g/mol. The van der Waals surface area contributed by atoms with Crippen molar-refractivity contribution in [3.05, 3.63) is 70.6 Å². The van der Waals surface area contributed by atoms with Crippen LogP contribution in [0.4, 0.5) is 37.8 Å². The zero-order chi connectivity index (χ0) is 31.3. The lowest BCUT2D eigenvalue weighted by atomic mass is 10.0. The molecule has 4 aromatic rings. The van der Waals surface area contributed by atoms with Gasteiger partial charge in [0.05, 0.1) is 16.5 Å². The SMILES string of the molecule is O=C(Nc1cccc(-c2nc(NC(P(=O)(O)O)P(=O)(O)O)c3ccsc3n2)c1)c1cc(C(F)(F)F)cc(C(F)(F)F)c1. The fraction of sp³-hybridized carbons (Fsp3) is 0.136. The maximum atomic E-state index is 13.2. The van der Waals surface area contributed by atoms with Crippen LogP contribution in [0, 0.1) is 0 Å². The molecule has 4 rings (SSSR count). The third-order valence-electron chi connectivity index (χ3n) is 5.46. The minimum absolute atomic E-state index is 0.101. The first-order valence-electron chi connectivity index (χ1n) is 11.1. The molecule has 0 radical (unpaired) electrons. The topological polar surface area (TPSA) is 182 Å². The van der Waals surface area contributed by atoms with Gasteiger partial charge in [0, 0.05) is 16.8 Å². The molecule has 2 heterocycles. The molecule has 20 heteroatoms. The predicted molar refractivity (Wildman–Crippen MR) is 139 cm³/mol. The van der Waals surface area contributed by atoms with Crippen molar-refractivity contribution in [3.63, 3.8) is 0 Å². The number of hydrogen-bond acceptors (Lipinski definition) is 7. The van der Waals surface area contributed by atoms with Crippen molar-refractivity contribution in [1.29, 1.82) is 0 Å². The first-order chi connectivity index (χ1) is 19.2. The molecule has 0 bridgehead atoms. The second-order valence-electron chi connectivity index (χ2n) is 8.56. The molecule has 1 amide bonds. The second kappa shape index (κ2) is 11.0. The highest BCUT2D eigenvalue weighted by Gasteiger charge is 2.44. The van der Waals surface area contributed by atoms with Gasteiger partial charge in [-0.3, -0.25) is 13.9 Å². The summed E-state index contributed by atoms with van der Waals surface area (Å²) in [5.74, 6) is -1.82. The zero-order valence-electron chi connectivity index (χ0n) is 20.3. The van der Waals surface area contributed by atoms with Crippen molar-refractivity contribution in [3.8, 4) is 11.4 Å². The molecular weight excluding hydrogens is 640 g/mol. The maximum Gasteiger partial charge on any atom is 0.416 e. The lowest BCUT2D eigenvalue weighted by Gasteiger charge is -2.21. The van der Waals surface area contributed by atoms with E-state index in [0.717, 1.165) is 11.3 Å². The molecule has 0 aliphatic rings. The van der Waals surface area contributed by atoms with Gasteiger partial charge >= 0.3 is 27.5 Å². The number of hydrogen-bond donors (Lipinski definition) is 6. The summed E-state index contributed by atoms with van der Waals surface area (Å²) < 4.78 is 103. The van der Waals surface area contributed by atoms with Crippen molar-refractivity contribution in [2.24, 2.45) is 0 Å². The number of alkyl halides is 6. The summed E-state index contributed by atoms with van der Waals surface area (Å²) in [5, 5.41) is 5.94. The van der Waals surface area contributed by atoms with Gasteiger partial charge < -0.3 is 30.2 Å². The van der Waals surface area contributed by atoms with Crippen LogP contribution in [0.2, 0.25) is 0 Å². The van der Waals surface area contributed by atoms with Gasteiger partial charge in [-0.25, -0.2) is 9.97 Å². The first kappa shape index (κ1) is 31.6. The molecule has 0 fully saturated rings. The minimum atomic E-state index is -5.41. The summed E-state index contributed by atoms with van der Waals surface area (Å²) in [5.41, 5.74) is -6.93. The average Bonchev–Trinajstić information content (AvgIpc) is 3.33. The molecule has 0 aliphatic carbocycles. The highest BCUT2D eigenvalue weighted by Crippen LogP contribution is 2.59. The Labute approximate surface area is 234 Å². The first-order valence-corrected chi connectivity index (χ1v) is 15.3. The van der Waals surface area contributed by atoms with E-state index < -0.39 is 55.7 Å². The van der Waals surface area contributed by atoms with E-state index in [2.05, 4.69) is 20.6 Å². The Hall–Kier alpha value is -3.37. The molecular formula is C22H16F6N4O7P2S. The number of anilines is 2. The van der Waals surface area contributed by atoms with Gasteiger partial charge in [0.25, 0.3) is 5.91 Å². The fourth-order valence-electron chi connectivity index (χ4n) is 3.61. The maximum absolute atomic E-state index is 13.2. The monoisotopic (exact) mass is 656 g/mol. The summed E-state index contributed by atoms with van der Waals surface area (Å²) in [6.07, 6.45) is -10.3. The van der Waals surface area contributed by atoms with E-state index in [1.165, 1.54) is 35.7 Å². The summed E-state index contributed by atoms with van der Waals surface area (Å²) >= 11 is 1.04. The van der Waals surface area contributed by atoms with Crippen LogP contribution < -0.4 is 10.6 Å². The normalized spacial score (nSPS) is 13.0. The summed E-state index contributed by atoms with van der Waals surface area (Å²) in [7, 11) is -10.8. The van der Waals surface area contributed by atoms with Gasteiger partial charge in [-0.1, -0.05) is 12.1 Å². The number of rotatable bonds is 7. The number of aromatic nitrogens is 2. The molecule has 0 unspecified atom stereocenters. The molecule has 6 N–H and O–H groups in total. The smallest absolute Gasteiger partial charge is 0.346 e. The number of halogens is 6. The van der Waals surface area contributed by atoms with Crippen LogP contribution in [0.3, 0.4) is 0 Å². The van der Waals surface area contributed by atoms with Gasteiger partial charge in [-0.05, 0) is 41.8 Å². The van der Waals surface area contributed by atoms with Crippen molar-refractivity contribution < 1.29 is 59.8 Å². The number of carbonyl (C=O) groups is 1. The molecule has 0 atom stereocenters. The van der Waals surface area contributed by atoms with Crippen LogP contribution in [0.1, 0.15) is 21.5 Å².